The first-order valence-corrected chi connectivity index (χ1v) is 12.2. The number of aliphatic hydroxyl groups excluding tert-OH is 2. The summed E-state index contributed by atoms with van der Waals surface area (Å²) in [6, 6.07) is 0. The third-order valence-corrected chi connectivity index (χ3v) is 8.64. The van der Waals surface area contributed by atoms with Gasteiger partial charge in [-0.05, 0) is 106 Å². The quantitative estimate of drug-likeness (QED) is 0.485. The zero-order valence-electron chi connectivity index (χ0n) is 20.1. The van der Waals surface area contributed by atoms with Gasteiger partial charge in [-0.25, -0.2) is 4.39 Å². The fraction of sp³-hybridized carbons (Fsp3) is 0.778. The number of rotatable bonds is 7. The van der Waals surface area contributed by atoms with Gasteiger partial charge in [0.15, 0.2) is 0 Å². The molecule has 0 aromatic rings. The molecule has 0 unspecified atom stereocenters. The average molecular weight is 435 g/mol. The summed E-state index contributed by atoms with van der Waals surface area (Å²) in [6.45, 7) is 9.77. The Labute approximate surface area is 188 Å². The van der Waals surface area contributed by atoms with Crippen LogP contribution in [0.4, 0.5) is 4.39 Å². The van der Waals surface area contributed by atoms with Crippen LogP contribution in [0, 0.1) is 23.2 Å². The monoisotopic (exact) mass is 434 g/mol. The van der Waals surface area contributed by atoms with E-state index in [9.17, 15) is 19.7 Å². The Morgan fingerprint density at radius 1 is 1.23 bits per heavy atom. The molecule has 0 radical (unpaired) electrons. The Kier molecular flexibility index (Phi) is 7.55. The highest BCUT2D eigenvalue weighted by Gasteiger charge is 2.49. The first-order chi connectivity index (χ1) is 14.4. The molecule has 0 amide bonds. The number of halogens is 1. The molecule has 0 heterocycles. The summed E-state index contributed by atoms with van der Waals surface area (Å²) in [7, 11) is 0. The Hall–Kier alpha value is -0.970. The predicted molar refractivity (Wildman–Crippen MR) is 124 cm³/mol. The van der Waals surface area contributed by atoms with E-state index in [-0.39, 0.29) is 5.41 Å². The standard InChI is InChI=1S/C27H43FO3/c1-17(8-13-25(28)26(3,4)31)22-11-12-23-19(7-6-14-27(22,23)5)9-10-20-15-21(29)16-24(30)18(20)2/h7,9-10,17,21-25,29-31H,6,8,11-16H2,1-5H3/b10-9-/t17-,21-,22-,23+,24+,25-,27-/m1/s1. The second-order valence-corrected chi connectivity index (χ2v) is 11.3. The fourth-order valence-corrected chi connectivity index (χ4v) is 6.49. The smallest absolute Gasteiger partial charge is 0.128 e. The largest absolute Gasteiger partial charge is 0.393 e. The van der Waals surface area contributed by atoms with Crippen LogP contribution in [-0.2, 0) is 0 Å². The number of hydrogen-bond acceptors (Lipinski definition) is 3. The molecular formula is C27H43FO3. The van der Waals surface area contributed by atoms with Gasteiger partial charge in [-0.2, -0.15) is 0 Å². The lowest BCUT2D eigenvalue weighted by atomic mass is 9.62. The van der Waals surface area contributed by atoms with Crippen molar-refractivity contribution in [2.45, 2.75) is 110 Å². The number of alkyl halides is 1. The predicted octanol–water partition coefficient (Wildman–Crippen LogP) is 5.65. The molecular weight excluding hydrogens is 391 g/mol. The Balaban J connectivity index is 1.69. The van der Waals surface area contributed by atoms with Crippen molar-refractivity contribution in [2.75, 3.05) is 0 Å². The highest BCUT2D eigenvalue weighted by molar-refractivity contribution is 5.37. The van der Waals surface area contributed by atoms with Crippen molar-refractivity contribution in [3.8, 4) is 0 Å². The molecule has 0 spiro atoms. The molecule has 3 aliphatic rings. The Morgan fingerprint density at radius 2 is 1.94 bits per heavy atom. The van der Waals surface area contributed by atoms with Crippen LogP contribution in [0.5, 0.6) is 0 Å². The molecule has 3 N–H and O–H groups in total. The fourth-order valence-electron chi connectivity index (χ4n) is 6.49. The first-order valence-electron chi connectivity index (χ1n) is 12.2. The number of allylic oxidation sites excluding steroid dienone is 4. The maximum Gasteiger partial charge on any atom is 0.128 e. The molecule has 176 valence electrons. The summed E-state index contributed by atoms with van der Waals surface area (Å²) in [4.78, 5) is 0. The topological polar surface area (TPSA) is 60.7 Å². The van der Waals surface area contributed by atoms with E-state index < -0.39 is 24.0 Å². The maximum atomic E-state index is 14.3. The molecule has 1 saturated carbocycles. The van der Waals surface area contributed by atoms with Gasteiger partial charge in [0.25, 0.3) is 0 Å². The summed E-state index contributed by atoms with van der Waals surface area (Å²) in [5.74, 6) is 1.52. The van der Waals surface area contributed by atoms with E-state index in [2.05, 4.69) is 32.1 Å². The third-order valence-electron chi connectivity index (χ3n) is 8.64. The highest BCUT2D eigenvalue weighted by Crippen LogP contribution is 2.58. The van der Waals surface area contributed by atoms with E-state index in [4.69, 9.17) is 0 Å². The summed E-state index contributed by atoms with van der Waals surface area (Å²) in [6.07, 6.45) is 11.4. The minimum absolute atomic E-state index is 0.226. The molecule has 0 saturated heterocycles. The summed E-state index contributed by atoms with van der Waals surface area (Å²) < 4.78 is 14.3. The van der Waals surface area contributed by atoms with Crippen molar-refractivity contribution in [2.24, 2.45) is 23.2 Å². The van der Waals surface area contributed by atoms with Crippen molar-refractivity contribution in [1.29, 1.82) is 0 Å². The molecule has 0 aromatic heterocycles. The summed E-state index contributed by atoms with van der Waals surface area (Å²) >= 11 is 0. The second kappa shape index (κ2) is 9.49. The van der Waals surface area contributed by atoms with Gasteiger partial charge in [0.1, 0.15) is 6.17 Å². The molecule has 3 aliphatic carbocycles. The van der Waals surface area contributed by atoms with E-state index in [1.54, 1.807) is 13.8 Å². The molecule has 0 bridgehead atoms. The van der Waals surface area contributed by atoms with Crippen LogP contribution in [0.15, 0.2) is 34.9 Å². The van der Waals surface area contributed by atoms with Gasteiger partial charge in [0, 0.05) is 6.42 Å². The maximum absolute atomic E-state index is 14.3. The molecule has 0 aromatic carbocycles. The average Bonchev–Trinajstić information content (AvgIpc) is 3.04. The highest BCUT2D eigenvalue weighted by atomic mass is 19.1. The molecule has 4 heteroatoms. The van der Waals surface area contributed by atoms with Crippen molar-refractivity contribution in [3.05, 3.63) is 34.9 Å². The van der Waals surface area contributed by atoms with Crippen LogP contribution in [0.2, 0.25) is 0 Å². The summed E-state index contributed by atoms with van der Waals surface area (Å²) in [5, 5.41) is 30.2. The lowest BCUT2D eigenvalue weighted by Gasteiger charge is -2.43. The SMILES string of the molecule is CC1=C(/C=C\C2=CCC[C@]3(C)[C@@H]([C@H](C)CC[C@@H](F)C(C)(C)O)CC[C@@H]23)C[C@@H](O)C[C@@H]1O. The lowest BCUT2D eigenvalue weighted by molar-refractivity contribution is -0.0116. The molecule has 3 rings (SSSR count). The first kappa shape index (κ1) is 24.7. The van der Waals surface area contributed by atoms with E-state index in [0.717, 1.165) is 30.4 Å². The van der Waals surface area contributed by atoms with Crippen LogP contribution in [0.25, 0.3) is 0 Å². The molecule has 0 aliphatic heterocycles. The van der Waals surface area contributed by atoms with Crippen molar-refractivity contribution in [1.82, 2.24) is 0 Å². The number of fused-ring (bicyclic) bond motifs is 1. The van der Waals surface area contributed by atoms with Crippen LogP contribution < -0.4 is 0 Å². The van der Waals surface area contributed by atoms with Gasteiger partial charge in [-0.1, -0.05) is 32.1 Å². The van der Waals surface area contributed by atoms with Gasteiger partial charge in [0.2, 0.25) is 0 Å². The summed E-state index contributed by atoms with van der Waals surface area (Å²) in [5.41, 5.74) is 2.39. The molecule has 3 nitrogen and oxygen atoms in total. The lowest BCUT2D eigenvalue weighted by Crippen LogP contribution is -2.36. The van der Waals surface area contributed by atoms with Crippen molar-refractivity contribution >= 4 is 0 Å². The van der Waals surface area contributed by atoms with E-state index >= 15 is 0 Å². The van der Waals surface area contributed by atoms with Gasteiger partial charge < -0.3 is 15.3 Å². The van der Waals surface area contributed by atoms with Crippen LogP contribution in [-0.4, -0.2) is 39.3 Å². The van der Waals surface area contributed by atoms with Gasteiger partial charge >= 0.3 is 0 Å². The van der Waals surface area contributed by atoms with Gasteiger partial charge in [-0.3, -0.25) is 0 Å². The van der Waals surface area contributed by atoms with Crippen LogP contribution in [0.3, 0.4) is 0 Å². The van der Waals surface area contributed by atoms with Gasteiger partial charge in [0.05, 0.1) is 17.8 Å². The number of hydrogen-bond donors (Lipinski definition) is 3. The minimum atomic E-state index is -1.26. The van der Waals surface area contributed by atoms with E-state index in [1.165, 1.54) is 18.4 Å². The molecule has 1 fully saturated rings. The zero-order valence-corrected chi connectivity index (χ0v) is 20.1. The Bertz CT molecular complexity index is 731. The van der Waals surface area contributed by atoms with Crippen molar-refractivity contribution < 1.29 is 19.7 Å². The van der Waals surface area contributed by atoms with E-state index in [0.29, 0.717) is 37.0 Å². The van der Waals surface area contributed by atoms with Gasteiger partial charge in [-0.15, -0.1) is 0 Å². The second-order valence-electron chi connectivity index (χ2n) is 11.3. The van der Waals surface area contributed by atoms with Crippen LogP contribution >= 0.6 is 0 Å². The number of aliphatic hydroxyl groups is 3. The normalized spacial score (nSPS) is 36.5. The van der Waals surface area contributed by atoms with Crippen LogP contribution in [0.1, 0.15) is 86.0 Å². The molecule has 31 heavy (non-hydrogen) atoms. The minimum Gasteiger partial charge on any atom is -0.393 e. The van der Waals surface area contributed by atoms with Crippen molar-refractivity contribution in [3.63, 3.8) is 0 Å². The van der Waals surface area contributed by atoms with E-state index in [1.807, 2.05) is 6.92 Å². The molecule has 7 atom stereocenters. The third kappa shape index (κ3) is 5.34. The Morgan fingerprint density at radius 3 is 2.61 bits per heavy atom. The zero-order chi connectivity index (χ0) is 23.0.